The van der Waals surface area contributed by atoms with E-state index in [1.807, 2.05) is 6.07 Å². The van der Waals surface area contributed by atoms with E-state index in [0.717, 1.165) is 16.8 Å². The van der Waals surface area contributed by atoms with Gasteiger partial charge in [0.1, 0.15) is 23.3 Å². The molecule has 0 bridgehead atoms. The summed E-state index contributed by atoms with van der Waals surface area (Å²) < 4.78 is 57.0. The minimum Gasteiger partial charge on any atom is -0.364 e. The Balaban J connectivity index is 1.78. The van der Waals surface area contributed by atoms with E-state index in [4.69, 9.17) is 11.0 Å². The molecule has 36 heavy (non-hydrogen) atoms. The van der Waals surface area contributed by atoms with Crippen LogP contribution in [0.2, 0.25) is 0 Å². The molecule has 0 saturated heterocycles. The number of rotatable bonds is 5. The Morgan fingerprint density at radius 3 is 2.58 bits per heavy atom. The highest BCUT2D eigenvalue weighted by Gasteiger charge is 2.39. The number of nitriles is 1. The van der Waals surface area contributed by atoms with Crippen LogP contribution in [0.4, 0.5) is 23.2 Å². The normalized spacial score (nSPS) is 11.3. The van der Waals surface area contributed by atoms with Crippen LogP contribution in [0.5, 0.6) is 0 Å². The van der Waals surface area contributed by atoms with Gasteiger partial charge in [-0.2, -0.15) is 23.5 Å². The third kappa shape index (κ3) is 4.56. The third-order valence-electron chi connectivity index (χ3n) is 5.27. The summed E-state index contributed by atoms with van der Waals surface area (Å²) in [5.41, 5.74) is 2.91. The topological polar surface area (TPSA) is 140 Å². The molecule has 0 fully saturated rings. The zero-order chi connectivity index (χ0) is 26.2. The van der Waals surface area contributed by atoms with Gasteiger partial charge in [0.2, 0.25) is 0 Å². The average Bonchev–Trinajstić information content (AvgIpc) is 3.14. The zero-order valence-electron chi connectivity index (χ0n) is 18.4. The molecule has 13 heteroatoms. The Bertz CT molecular complexity index is 1550. The number of nitrogens with one attached hydrogen (secondary N) is 1. The van der Waals surface area contributed by atoms with Crippen LogP contribution in [0, 0.1) is 24.1 Å². The van der Waals surface area contributed by atoms with Crippen molar-refractivity contribution in [3.05, 3.63) is 82.3 Å². The lowest BCUT2D eigenvalue weighted by Crippen LogP contribution is -2.20. The number of fused-ring (bicyclic) bond motifs is 1. The van der Waals surface area contributed by atoms with Crippen LogP contribution in [0.25, 0.3) is 10.9 Å². The summed E-state index contributed by atoms with van der Waals surface area (Å²) in [6.07, 6.45) is -3.62. The van der Waals surface area contributed by atoms with E-state index in [0.29, 0.717) is 5.56 Å². The van der Waals surface area contributed by atoms with Crippen LogP contribution in [-0.2, 0) is 12.7 Å². The number of anilines is 1. The second-order valence-electron chi connectivity index (χ2n) is 7.64. The predicted octanol–water partition coefficient (Wildman–Crippen LogP) is 3.56. The van der Waals surface area contributed by atoms with Crippen LogP contribution < -0.4 is 11.1 Å². The van der Waals surface area contributed by atoms with Crippen molar-refractivity contribution in [2.24, 2.45) is 5.73 Å². The first-order valence-electron chi connectivity index (χ1n) is 10.2. The number of primary amides is 1. The SMILES string of the molecule is Cc1c(NC(=O)c2cc(C(N)=O)nc3cccc(F)c23)c(C(F)(F)F)nn1Cc1ccc(C#N)nc1. The van der Waals surface area contributed by atoms with Gasteiger partial charge in [-0.05, 0) is 36.8 Å². The molecule has 4 rings (SSSR count). The number of amides is 2. The van der Waals surface area contributed by atoms with Crippen molar-refractivity contribution >= 4 is 28.4 Å². The summed E-state index contributed by atoms with van der Waals surface area (Å²) in [6, 6.07) is 9.34. The Hall–Kier alpha value is -4.86. The van der Waals surface area contributed by atoms with E-state index in [2.05, 4.69) is 20.4 Å². The Labute approximate surface area is 200 Å². The van der Waals surface area contributed by atoms with Gasteiger partial charge >= 0.3 is 6.18 Å². The number of aromatic nitrogens is 4. The second-order valence-corrected chi connectivity index (χ2v) is 7.64. The molecular formula is C23H15F4N7O2. The van der Waals surface area contributed by atoms with Gasteiger partial charge in [-0.15, -0.1) is 0 Å². The largest absolute Gasteiger partial charge is 0.437 e. The monoisotopic (exact) mass is 497 g/mol. The Morgan fingerprint density at radius 2 is 1.97 bits per heavy atom. The van der Waals surface area contributed by atoms with Crippen LogP contribution in [-0.4, -0.2) is 31.6 Å². The second kappa shape index (κ2) is 9.06. The predicted molar refractivity (Wildman–Crippen MR) is 118 cm³/mol. The molecule has 0 radical (unpaired) electrons. The van der Waals surface area contributed by atoms with E-state index < -0.39 is 40.8 Å². The summed E-state index contributed by atoms with van der Waals surface area (Å²) in [5.74, 6) is -2.99. The van der Waals surface area contributed by atoms with Crippen molar-refractivity contribution in [2.75, 3.05) is 5.32 Å². The summed E-state index contributed by atoms with van der Waals surface area (Å²) in [4.78, 5) is 32.6. The number of pyridine rings is 2. The van der Waals surface area contributed by atoms with Crippen molar-refractivity contribution in [1.29, 1.82) is 5.26 Å². The summed E-state index contributed by atoms with van der Waals surface area (Å²) in [7, 11) is 0. The molecule has 1 aromatic carbocycles. The number of hydrogen-bond donors (Lipinski definition) is 2. The molecule has 0 aliphatic rings. The molecule has 0 aliphatic carbocycles. The summed E-state index contributed by atoms with van der Waals surface area (Å²) in [6.45, 7) is 1.18. The van der Waals surface area contributed by atoms with Gasteiger partial charge in [0.25, 0.3) is 11.8 Å². The lowest BCUT2D eigenvalue weighted by atomic mass is 10.1. The molecule has 3 N–H and O–H groups in total. The number of halogens is 4. The number of hydrogen-bond acceptors (Lipinski definition) is 6. The molecule has 0 atom stereocenters. The number of nitrogens with two attached hydrogens (primary N) is 1. The van der Waals surface area contributed by atoms with Crippen LogP contribution in [0.15, 0.2) is 42.6 Å². The Morgan fingerprint density at radius 1 is 1.22 bits per heavy atom. The fourth-order valence-corrected chi connectivity index (χ4v) is 3.53. The van der Waals surface area contributed by atoms with E-state index in [-0.39, 0.29) is 34.5 Å². The summed E-state index contributed by atoms with van der Waals surface area (Å²) in [5, 5.41) is 14.3. The minimum absolute atomic E-state index is 0.0472. The number of carbonyl (C=O) groups excluding carboxylic acids is 2. The highest BCUT2D eigenvalue weighted by Crippen LogP contribution is 2.36. The standard InChI is InChI=1S/C23H15F4N7O2/c1-11-19(20(23(25,26)27)33-34(11)10-12-5-6-13(8-28)30-9-12)32-22(36)14-7-17(21(29)35)31-16-4-2-3-15(24)18(14)16/h2-7,9H,10H2,1H3,(H2,29,35)(H,32,36). The number of alkyl halides is 3. The molecule has 0 spiro atoms. The fraction of sp³-hybridized carbons (Fsp3) is 0.130. The van der Waals surface area contributed by atoms with Crippen molar-refractivity contribution < 1.29 is 27.2 Å². The number of carbonyl (C=O) groups is 2. The van der Waals surface area contributed by atoms with Gasteiger partial charge in [-0.1, -0.05) is 12.1 Å². The molecule has 182 valence electrons. The minimum atomic E-state index is -4.94. The highest BCUT2D eigenvalue weighted by atomic mass is 19.4. The van der Waals surface area contributed by atoms with Crippen LogP contribution in [0.1, 0.15) is 43.5 Å². The summed E-state index contributed by atoms with van der Waals surface area (Å²) >= 11 is 0. The van der Waals surface area contributed by atoms with E-state index in [9.17, 15) is 27.2 Å². The van der Waals surface area contributed by atoms with E-state index >= 15 is 0 Å². The maximum absolute atomic E-state index is 14.6. The molecule has 0 unspecified atom stereocenters. The smallest absolute Gasteiger partial charge is 0.364 e. The molecular weight excluding hydrogens is 482 g/mol. The first kappa shape index (κ1) is 24.3. The maximum atomic E-state index is 14.6. The average molecular weight is 497 g/mol. The van der Waals surface area contributed by atoms with Gasteiger partial charge < -0.3 is 11.1 Å². The van der Waals surface area contributed by atoms with Crippen LogP contribution in [0.3, 0.4) is 0 Å². The van der Waals surface area contributed by atoms with Gasteiger partial charge in [-0.3, -0.25) is 14.3 Å². The first-order valence-corrected chi connectivity index (χ1v) is 10.2. The molecule has 2 amide bonds. The van der Waals surface area contributed by atoms with Crippen molar-refractivity contribution in [1.82, 2.24) is 19.7 Å². The lowest BCUT2D eigenvalue weighted by Gasteiger charge is -2.12. The van der Waals surface area contributed by atoms with Crippen molar-refractivity contribution in [3.8, 4) is 6.07 Å². The first-order chi connectivity index (χ1) is 17.0. The molecule has 9 nitrogen and oxygen atoms in total. The van der Waals surface area contributed by atoms with Gasteiger partial charge in [0.05, 0.1) is 29.0 Å². The molecule has 0 aliphatic heterocycles. The molecule has 3 heterocycles. The van der Waals surface area contributed by atoms with E-state index in [1.165, 1.54) is 37.4 Å². The number of benzene rings is 1. The maximum Gasteiger partial charge on any atom is 0.437 e. The zero-order valence-corrected chi connectivity index (χ0v) is 18.4. The Kier molecular flexibility index (Phi) is 6.11. The molecule has 3 aromatic heterocycles. The highest BCUT2D eigenvalue weighted by molar-refractivity contribution is 6.14. The van der Waals surface area contributed by atoms with E-state index in [1.54, 1.807) is 0 Å². The van der Waals surface area contributed by atoms with Crippen LogP contribution >= 0.6 is 0 Å². The van der Waals surface area contributed by atoms with Gasteiger partial charge in [-0.25, -0.2) is 14.4 Å². The molecule has 4 aromatic rings. The number of nitrogens with zero attached hydrogens (tertiary/aromatic N) is 5. The quantitative estimate of drug-likeness (QED) is 0.404. The van der Waals surface area contributed by atoms with Crippen molar-refractivity contribution in [2.45, 2.75) is 19.6 Å². The van der Waals surface area contributed by atoms with Gasteiger partial charge in [0.15, 0.2) is 5.69 Å². The van der Waals surface area contributed by atoms with Gasteiger partial charge in [0, 0.05) is 11.6 Å². The third-order valence-corrected chi connectivity index (χ3v) is 5.27. The lowest BCUT2D eigenvalue weighted by molar-refractivity contribution is -0.140. The molecule has 0 saturated carbocycles. The van der Waals surface area contributed by atoms with Crippen molar-refractivity contribution in [3.63, 3.8) is 0 Å². The fourth-order valence-electron chi connectivity index (χ4n) is 3.53.